The molecule has 0 saturated carbocycles. The van der Waals surface area contributed by atoms with E-state index in [-0.39, 0.29) is 34.9 Å². The third kappa shape index (κ3) is 6.20. The third-order valence-corrected chi connectivity index (χ3v) is 10.9. The maximum absolute atomic E-state index is 16.4. The van der Waals surface area contributed by atoms with Crippen molar-refractivity contribution >= 4 is 23.4 Å². The summed E-state index contributed by atoms with van der Waals surface area (Å²) in [4.78, 5) is 41.5. The highest BCUT2D eigenvalue weighted by atomic mass is 35.5. The smallest absolute Gasteiger partial charge is 0.237 e. The molecule has 0 radical (unpaired) electrons. The average Bonchev–Trinajstić information content (AvgIpc) is 3.73. The van der Waals surface area contributed by atoms with Crippen molar-refractivity contribution in [2.75, 3.05) is 53.6 Å². The number of halogens is 2. The summed E-state index contributed by atoms with van der Waals surface area (Å²) in [5.41, 5.74) is 4.14. The number of benzene rings is 2. The van der Waals surface area contributed by atoms with Crippen LogP contribution in [-0.2, 0) is 16.1 Å². The average molecular weight is 728 g/mol. The maximum atomic E-state index is 16.4. The Hall–Kier alpha value is -4.85. The van der Waals surface area contributed by atoms with E-state index in [9.17, 15) is 9.59 Å². The zero-order valence-corrected chi connectivity index (χ0v) is 29.9. The van der Waals surface area contributed by atoms with Crippen LogP contribution in [0.4, 0.5) is 4.39 Å². The molecule has 2 aromatic heterocycles. The normalized spacial score (nSPS) is 20.2. The Morgan fingerprint density at radius 3 is 2.46 bits per heavy atom. The number of pyridine rings is 1. The van der Waals surface area contributed by atoms with E-state index in [4.69, 9.17) is 30.8 Å². The number of amides is 2. The molecule has 6 heterocycles. The van der Waals surface area contributed by atoms with Gasteiger partial charge in [-0.05, 0) is 12.5 Å². The summed E-state index contributed by atoms with van der Waals surface area (Å²) in [7, 11) is 3.09. The number of methoxy groups -OCH3 is 2. The van der Waals surface area contributed by atoms with Crippen molar-refractivity contribution in [3.8, 4) is 51.2 Å². The molecule has 2 amide bonds. The number of rotatable bonds is 10. The monoisotopic (exact) mass is 727 g/mol. The molecule has 4 aliphatic rings. The first-order valence-electron chi connectivity index (χ1n) is 17.4. The molecule has 2 aromatic carbocycles. The molecule has 3 fully saturated rings. The van der Waals surface area contributed by atoms with Gasteiger partial charge in [0.25, 0.3) is 0 Å². The van der Waals surface area contributed by atoms with Gasteiger partial charge in [-0.2, -0.15) is 0 Å². The summed E-state index contributed by atoms with van der Waals surface area (Å²) >= 11 is 7.04. The molecule has 0 unspecified atom stereocenters. The van der Waals surface area contributed by atoms with Gasteiger partial charge in [0, 0.05) is 92.4 Å². The predicted octanol–water partition coefficient (Wildman–Crippen LogP) is 4.65. The molecule has 1 spiro atoms. The minimum absolute atomic E-state index is 0.0673. The van der Waals surface area contributed by atoms with Crippen molar-refractivity contribution in [2.24, 2.45) is 5.41 Å². The summed E-state index contributed by atoms with van der Waals surface area (Å²) in [6, 6.07) is 12.2. The van der Waals surface area contributed by atoms with Gasteiger partial charge >= 0.3 is 0 Å². The largest absolute Gasteiger partial charge is 0.491 e. The Kier molecular flexibility index (Phi) is 8.96. The lowest BCUT2D eigenvalue weighted by Gasteiger charge is -2.60. The second-order valence-electron chi connectivity index (χ2n) is 14.1. The van der Waals surface area contributed by atoms with Crippen LogP contribution in [-0.4, -0.2) is 96.2 Å². The molecular weight excluding hydrogens is 689 g/mol. The number of carbonyl (C=O) groups is 2. The number of aromatic nitrogens is 3. The van der Waals surface area contributed by atoms with Crippen LogP contribution in [0.5, 0.6) is 17.5 Å². The molecule has 2 atom stereocenters. The van der Waals surface area contributed by atoms with E-state index in [0.717, 1.165) is 38.2 Å². The zero-order valence-electron chi connectivity index (χ0n) is 29.2. The fourth-order valence-electron chi connectivity index (χ4n) is 7.86. The van der Waals surface area contributed by atoms with Gasteiger partial charge < -0.3 is 29.7 Å². The Morgan fingerprint density at radius 2 is 1.75 bits per heavy atom. The van der Waals surface area contributed by atoms with E-state index in [1.165, 1.54) is 7.11 Å². The van der Waals surface area contributed by atoms with E-state index in [2.05, 4.69) is 25.5 Å². The highest BCUT2D eigenvalue weighted by Crippen LogP contribution is 2.45. The van der Waals surface area contributed by atoms with Crippen molar-refractivity contribution < 1.29 is 28.2 Å². The summed E-state index contributed by atoms with van der Waals surface area (Å²) < 4.78 is 33.8. The molecule has 12 nitrogen and oxygen atoms in total. The van der Waals surface area contributed by atoms with Crippen molar-refractivity contribution in [3.05, 3.63) is 70.8 Å². The first-order valence-corrected chi connectivity index (χ1v) is 17.7. The molecule has 4 aliphatic heterocycles. The van der Waals surface area contributed by atoms with E-state index in [1.54, 1.807) is 44.5 Å². The second-order valence-corrected chi connectivity index (χ2v) is 14.4. The van der Waals surface area contributed by atoms with Gasteiger partial charge in [0.1, 0.15) is 23.9 Å². The second kappa shape index (κ2) is 13.6. The van der Waals surface area contributed by atoms with Crippen molar-refractivity contribution in [3.63, 3.8) is 0 Å². The van der Waals surface area contributed by atoms with Crippen molar-refractivity contribution in [1.82, 2.24) is 35.4 Å². The number of fused-ring (bicyclic) bond motifs is 1. The molecular formula is C38H39ClFN7O5. The van der Waals surface area contributed by atoms with E-state index in [1.807, 2.05) is 23.1 Å². The van der Waals surface area contributed by atoms with Gasteiger partial charge in [0.2, 0.25) is 23.6 Å². The lowest BCUT2D eigenvalue weighted by molar-refractivity contribution is -0.157. The number of nitrogens with zero attached hydrogens (tertiary/aromatic N) is 5. The molecule has 0 bridgehead atoms. The molecule has 8 rings (SSSR count). The van der Waals surface area contributed by atoms with E-state index < -0.39 is 5.82 Å². The summed E-state index contributed by atoms with van der Waals surface area (Å²) in [6.07, 6.45) is 2.89. The fourth-order valence-corrected chi connectivity index (χ4v) is 8.19. The molecule has 14 heteroatoms. The minimum Gasteiger partial charge on any atom is -0.491 e. The molecule has 2 N–H and O–H groups in total. The summed E-state index contributed by atoms with van der Waals surface area (Å²) in [5, 5.41) is 6.78. The number of nitrogens with one attached hydrogen (secondary N) is 2. The first kappa shape index (κ1) is 34.2. The number of ether oxygens (including phenoxy) is 3. The number of hydrogen-bond acceptors (Lipinski definition) is 10. The van der Waals surface area contributed by atoms with Crippen LogP contribution >= 0.6 is 11.6 Å². The van der Waals surface area contributed by atoms with Crippen molar-refractivity contribution in [2.45, 2.75) is 38.4 Å². The van der Waals surface area contributed by atoms with Gasteiger partial charge in [-0.1, -0.05) is 41.9 Å². The Labute approximate surface area is 305 Å². The van der Waals surface area contributed by atoms with Crippen LogP contribution in [0, 0.1) is 11.2 Å². The third-order valence-electron chi connectivity index (χ3n) is 10.5. The van der Waals surface area contributed by atoms with Crippen molar-refractivity contribution in [1.29, 1.82) is 0 Å². The summed E-state index contributed by atoms with van der Waals surface area (Å²) in [6.45, 7) is 6.47. The minimum atomic E-state index is -0.495. The number of carbonyl (C=O) groups excluding carboxylic acids is 2. The Bertz CT molecular complexity index is 2070. The lowest BCUT2D eigenvalue weighted by atomic mass is 9.73. The fraction of sp³-hybridized carbons (Fsp3) is 0.395. The van der Waals surface area contributed by atoms with Crippen LogP contribution in [0.2, 0.25) is 5.02 Å². The van der Waals surface area contributed by atoms with Crippen LogP contribution in [0.15, 0.2) is 48.7 Å². The molecule has 52 heavy (non-hydrogen) atoms. The molecule has 3 saturated heterocycles. The number of likely N-dealkylation sites (tertiary alicyclic amines) is 2. The summed E-state index contributed by atoms with van der Waals surface area (Å²) in [5.74, 6) is 1.05. The van der Waals surface area contributed by atoms with Crippen LogP contribution < -0.4 is 24.8 Å². The van der Waals surface area contributed by atoms with Gasteiger partial charge in [-0.3, -0.25) is 19.5 Å². The zero-order chi connectivity index (χ0) is 36.1. The van der Waals surface area contributed by atoms with Gasteiger partial charge in [-0.25, -0.2) is 14.4 Å². The lowest BCUT2D eigenvalue weighted by Crippen LogP contribution is -2.72. The molecule has 4 aromatic rings. The van der Waals surface area contributed by atoms with Crippen LogP contribution in [0.3, 0.4) is 0 Å². The van der Waals surface area contributed by atoms with Gasteiger partial charge in [0.05, 0.1) is 48.4 Å². The standard InChI is InChI=1S/C38H39ClFN7O5/c1-21(48)47-19-38(20-47)17-46(18-38)15-29-36(50-2)45-28(14-42-29)26-9-5-7-24(35(26)40)23-6-4-8-25(34(23)39)27-12-31-33(37(44-27)51-3)30(16-52-31)41-13-22-10-11-32(49)43-22/h4-9,12,14,22,30,41H,10-11,13,15-20H2,1-3H3,(H,43,49)/t22-,30-/m0/s1. The highest BCUT2D eigenvalue weighted by molar-refractivity contribution is 6.36. The maximum Gasteiger partial charge on any atom is 0.237 e. The Balaban J connectivity index is 1.02. The predicted molar refractivity (Wildman–Crippen MR) is 192 cm³/mol. The van der Waals surface area contributed by atoms with E-state index in [0.29, 0.717) is 82.4 Å². The highest BCUT2D eigenvalue weighted by Gasteiger charge is 2.52. The van der Waals surface area contributed by atoms with Crippen LogP contribution in [0.1, 0.15) is 37.1 Å². The van der Waals surface area contributed by atoms with Gasteiger partial charge in [-0.15, -0.1) is 0 Å². The van der Waals surface area contributed by atoms with Crippen LogP contribution in [0.25, 0.3) is 33.6 Å². The first-order chi connectivity index (χ1) is 25.1. The quantitative estimate of drug-likeness (QED) is 0.238. The molecule has 0 aliphatic carbocycles. The molecule has 270 valence electrons. The Morgan fingerprint density at radius 1 is 1.04 bits per heavy atom. The SMILES string of the molecule is COc1nc(-c2cccc(-c3cccc(-c4cc5c(c(OC)n4)[C@@H](NC[C@@H]4CCC(=O)N4)CO5)c3Cl)c2F)cnc1CN1CC2(C1)CN(C(C)=O)C2. The topological polar surface area (TPSA) is 131 Å². The number of hydrogen-bond donors (Lipinski definition) is 2. The van der Waals surface area contributed by atoms with E-state index >= 15 is 4.39 Å². The van der Waals surface area contributed by atoms with Gasteiger partial charge in [0.15, 0.2) is 0 Å².